The molecular formula is C15H23NO. The van der Waals surface area contributed by atoms with Crippen molar-refractivity contribution >= 4 is 5.91 Å². The zero-order valence-electron chi connectivity index (χ0n) is 11.3. The van der Waals surface area contributed by atoms with Crippen LogP contribution in [0.5, 0.6) is 0 Å². The van der Waals surface area contributed by atoms with E-state index < -0.39 is 0 Å². The summed E-state index contributed by atoms with van der Waals surface area (Å²) in [5.74, 6) is 0.630. The van der Waals surface area contributed by atoms with Gasteiger partial charge in [-0.25, -0.2) is 0 Å². The van der Waals surface area contributed by atoms with E-state index in [4.69, 9.17) is 0 Å². The Morgan fingerprint density at radius 3 is 2.29 bits per heavy atom. The number of carbonyl (C=O) groups excluding carboxylic acids is 1. The fraction of sp³-hybridized carbons (Fsp3) is 0.533. The highest BCUT2D eigenvalue weighted by Gasteiger charge is 2.10. The molecule has 0 radical (unpaired) electrons. The third-order valence-electron chi connectivity index (χ3n) is 3.15. The Labute approximate surface area is 104 Å². The summed E-state index contributed by atoms with van der Waals surface area (Å²) in [5.41, 5.74) is 2.48. The second-order valence-electron chi connectivity index (χ2n) is 5.09. The van der Waals surface area contributed by atoms with E-state index in [1.54, 1.807) is 0 Å². The van der Waals surface area contributed by atoms with E-state index >= 15 is 0 Å². The van der Waals surface area contributed by atoms with Gasteiger partial charge in [-0.15, -0.1) is 0 Å². The lowest BCUT2D eigenvalue weighted by Crippen LogP contribution is -2.36. The van der Waals surface area contributed by atoms with Gasteiger partial charge < -0.3 is 5.32 Å². The van der Waals surface area contributed by atoms with E-state index in [9.17, 15) is 4.79 Å². The van der Waals surface area contributed by atoms with Gasteiger partial charge in [0.15, 0.2) is 0 Å². The number of hydrogen-bond acceptors (Lipinski definition) is 1. The van der Waals surface area contributed by atoms with Crippen LogP contribution >= 0.6 is 0 Å². The number of rotatable bonds is 5. The molecule has 1 aromatic carbocycles. The molecule has 17 heavy (non-hydrogen) atoms. The maximum absolute atomic E-state index is 11.7. The van der Waals surface area contributed by atoms with Crippen LogP contribution < -0.4 is 5.32 Å². The van der Waals surface area contributed by atoms with Gasteiger partial charge in [-0.05, 0) is 31.7 Å². The zero-order valence-corrected chi connectivity index (χ0v) is 11.3. The number of amides is 1. The molecule has 2 heteroatoms. The van der Waals surface area contributed by atoms with Gasteiger partial charge in [-0.1, -0.05) is 43.7 Å². The maximum atomic E-state index is 11.7. The Balaban J connectivity index is 2.35. The van der Waals surface area contributed by atoms with Crippen molar-refractivity contribution < 1.29 is 4.79 Å². The van der Waals surface area contributed by atoms with E-state index in [0.717, 1.165) is 6.42 Å². The number of carbonyl (C=O) groups is 1. The quantitative estimate of drug-likeness (QED) is 0.832. The summed E-state index contributed by atoms with van der Waals surface area (Å²) in [6, 6.07) is 8.61. The van der Waals surface area contributed by atoms with Gasteiger partial charge in [-0.2, -0.15) is 0 Å². The first-order chi connectivity index (χ1) is 7.99. The van der Waals surface area contributed by atoms with Gasteiger partial charge in [-0.3, -0.25) is 4.79 Å². The Kier molecular flexibility index (Phi) is 5.20. The van der Waals surface area contributed by atoms with Crippen LogP contribution in [-0.4, -0.2) is 11.9 Å². The van der Waals surface area contributed by atoms with Crippen LogP contribution in [0.1, 0.15) is 38.3 Å². The highest BCUT2D eigenvalue weighted by atomic mass is 16.1. The van der Waals surface area contributed by atoms with E-state index in [1.807, 2.05) is 0 Å². The smallest absolute Gasteiger partial charge is 0.220 e. The number of benzene rings is 1. The summed E-state index contributed by atoms with van der Waals surface area (Å²) in [6.45, 7) is 8.35. The predicted molar refractivity (Wildman–Crippen MR) is 71.9 cm³/mol. The molecule has 1 unspecified atom stereocenters. The summed E-state index contributed by atoms with van der Waals surface area (Å²) in [5, 5.41) is 3.02. The minimum Gasteiger partial charge on any atom is -0.353 e. The molecule has 1 N–H and O–H groups in total. The standard InChI is InChI=1S/C15H23NO/c1-11(2)13(4)16-15(17)10-9-14-7-5-12(3)6-8-14/h5-8,11,13H,9-10H2,1-4H3,(H,16,17). The van der Waals surface area contributed by atoms with Crippen molar-refractivity contribution in [3.8, 4) is 0 Å². The molecule has 0 saturated heterocycles. The molecule has 1 atom stereocenters. The van der Waals surface area contributed by atoms with Gasteiger partial charge in [0.05, 0.1) is 0 Å². The number of aryl methyl sites for hydroxylation is 2. The van der Waals surface area contributed by atoms with Crippen LogP contribution in [0.25, 0.3) is 0 Å². The second kappa shape index (κ2) is 6.43. The minimum atomic E-state index is 0.145. The minimum absolute atomic E-state index is 0.145. The highest BCUT2D eigenvalue weighted by Crippen LogP contribution is 2.06. The van der Waals surface area contributed by atoms with Gasteiger partial charge in [0.1, 0.15) is 0 Å². The van der Waals surface area contributed by atoms with Crippen molar-refractivity contribution in [3.05, 3.63) is 35.4 Å². The number of nitrogens with one attached hydrogen (secondary N) is 1. The fourth-order valence-electron chi connectivity index (χ4n) is 1.51. The molecule has 0 aliphatic heterocycles. The Morgan fingerprint density at radius 1 is 1.18 bits per heavy atom. The fourth-order valence-corrected chi connectivity index (χ4v) is 1.51. The summed E-state index contributed by atoms with van der Waals surface area (Å²) in [4.78, 5) is 11.7. The SMILES string of the molecule is Cc1ccc(CCC(=O)NC(C)C(C)C)cc1. The maximum Gasteiger partial charge on any atom is 0.220 e. The average Bonchev–Trinajstić information content (AvgIpc) is 2.28. The second-order valence-corrected chi connectivity index (χ2v) is 5.09. The van der Waals surface area contributed by atoms with Crippen LogP contribution in [-0.2, 0) is 11.2 Å². The third kappa shape index (κ3) is 5.03. The lowest BCUT2D eigenvalue weighted by molar-refractivity contribution is -0.121. The first-order valence-electron chi connectivity index (χ1n) is 6.34. The molecule has 0 aliphatic rings. The van der Waals surface area contributed by atoms with E-state index in [-0.39, 0.29) is 11.9 Å². The molecule has 0 spiro atoms. The van der Waals surface area contributed by atoms with Crippen molar-refractivity contribution in [2.75, 3.05) is 0 Å². The molecule has 1 amide bonds. The molecule has 2 nitrogen and oxygen atoms in total. The van der Waals surface area contributed by atoms with Crippen molar-refractivity contribution in [1.29, 1.82) is 0 Å². The Morgan fingerprint density at radius 2 is 1.76 bits per heavy atom. The summed E-state index contributed by atoms with van der Waals surface area (Å²) in [7, 11) is 0. The van der Waals surface area contributed by atoms with Crippen LogP contribution in [0.15, 0.2) is 24.3 Å². The van der Waals surface area contributed by atoms with Crippen molar-refractivity contribution in [2.24, 2.45) is 5.92 Å². The zero-order chi connectivity index (χ0) is 12.8. The van der Waals surface area contributed by atoms with Gasteiger partial charge >= 0.3 is 0 Å². The first-order valence-corrected chi connectivity index (χ1v) is 6.34. The molecule has 1 rings (SSSR count). The van der Waals surface area contributed by atoms with E-state index in [2.05, 4.69) is 57.3 Å². The molecule has 0 fully saturated rings. The molecule has 0 heterocycles. The average molecular weight is 233 g/mol. The molecule has 0 saturated carbocycles. The third-order valence-corrected chi connectivity index (χ3v) is 3.15. The monoisotopic (exact) mass is 233 g/mol. The number of hydrogen-bond donors (Lipinski definition) is 1. The Bertz CT molecular complexity index is 354. The molecule has 0 aliphatic carbocycles. The van der Waals surface area contributed by atoms with Crippen LogP contribution in [0.4, 0.5) is 0 Å². The summed E-state index contributed by atoms with van der Waals surface area (Å²) >= 11 is 0. The topological polar surface area (TPSA) is 29.1 Å². The van der Waals surface area contributed by atoms with Crippen molar-refractivity contribution in [2.45, 2.75) is 46.6 Å². The van der Waals surface area contributed by atoms with Gasteiger partial charge in [0.2, 0.25) is 5.91 Å². The van der Waals surface area contributed by atoms with E-state index in [1.165, 1.54) is 11.1 Å². The normalized spacial score (nSPS) is 12.5. The largest absolute Gasteiger partial charge is 0.353 e. The molecular weight excluding hydrogens is 210 g/mol. The van der Waals surface area contributed by atoms with Crippen molar-refractivity contribution in [1.82, 2.24) is 5.32 Å². The summed E-state index contributed by atoms with van der Waals surface area (Å²) in [6.07, 6.45) is 1.39. The summed E-state index contributed by atoms with van der Waals surface area (Å²) < 4.78 is 0. The molecule has 1 aromatic rings. The van der Waals surface area contributed by atoms with Crippen LogP contribution in [0.3, 0.4) is 0 Å². The lowest BCUT2D eigenvalue weighted by atomic mass is 10.1. The van der Waals surface area contributed by atoms with Gasteiger partial charge in [0, 0.05) is 12.5 Å². The first kappa shape index (κ1) is 13.8. The van der Waals surface area contributed by atoms with Gasteiger partial charge in [0.25, 0.3) is 0 Å². The lowest BCUT2D eigenvalue weighted by Gasteiger charge is -2.17. The van der Waals surface area contributed by atoms with Crippen LogP contribution in [0, 0.1) is 12.8 Å². The molecule has 94 valence electrons. The highest BCUT2D eigenvalue weighted by molar-refractivity contribution is 5.76. The molecule has 0 bridgehead atoms. The van der Waals surface area contributed by atoms with Crippen LogP contribution in [0.2, 0.25) is 0 Å². The van der Waals surface area contributed by atoms with E-state index in [0.29, 0.717) is 12.3 Å². The Hall–Kier alpha value is -1.31. The molecule has 0 aromatic heterocycles. The van der Waals surface area contributed by atoms with Crippen molar-refractivity contribution in [3.63, 3.8) is 0 Å². The predicted octanol–water partition coefficient (Wildman–Crippen LogP) is 3.09.